The van der Waals surface area contributed by atoms with Crippen molar-refractivity contribution in [1.29, 1.82) is 0 Å². The Labute approximate surface area is 98.4 Å². The number of aromatic nitrogens is 3. The van der Waals surface area contributed by atoms with Crippen LogP contribution in [0.25, 0.3) is 0 Å². The summed E-state index contributed by atoms with van der Waals surface area (Å²) in [5, 5.41) is 4.16. The molecular weight excluding hydrogens is 218 g/mol. The molecule has 0 aliphatic rings. The fourth-order valence-corrected chi connectivity index (χ4v) is 1.49. The first-order valence-corrected chi connectivity index (χ1v) is 5.15. The lowest BCUT2D eigenvalue weighted by molar-refractivity contribution is 0.0948. The van der Waals surface area contributed by atoms with Gasteiger partial charge in [0, 0.05) is 6.20 Å². The van der Waals surface area contributed by atoms with E-state index in [4.69, 9.17) is 5.84 Å². The van der Waals surface area contributed by atoms with Gasteiger partial charge >= 0.3 is 0 Å². The highest BCUT2D eigenvalue weighted by Gasteiger charge is 2.06. The van der Waals surface area contributed by atoms with Crippen molar-refractivity contribution < 1.29 is 4.79 Å². The first kappa shape index (κ1) is 11.3. The molecule has 0 saturated carbocycles. The van der Waals surface area contributed by atoms with Crippen molar-refractivity contribution in [2.75, 3.05) is 0 Å². The monoisotopic (exact) mass is 231 g/mol. The van der Waals surface area contributed by atoms with Crippen molar-refractivity contribution in [3.63, 3.8) is 0 Å². The molecule has 0 unspecified atom stereocenters. The molecule has 0 atom stereocenters. The molecule has 0 radical (unpaired) electrons. The zero-order valence-electron chi connectivity index (χ0n) is 9.42. The summed E-state index contributed by atoms with van der Waals surface area (Å²) in [6.07, 6.45) is 3.69. The lowest BCUT2D eigenvalue weighted by atomic mass is 10.3. The van der Waals surface area contributed by atoms with E-state index in [9.17, 15) is 4.79 Å². The van der Waals surface area contributed by atoms with Gasteiger partial charge in [0.15, 0.2) is 0 Å². The second-order valence-electron chi connectivity index (χ2n) is 3.70. The predicted molar refractivity (Wildman–Crippen MR) is 62.0 cm³/mol. The van der Waals surface area contributed by atoms with Gasteiger partial charge in [0.25, 0.3) is 5.91 Å². The van der Waals surface area contributed by atoms with Crippen LogP contribution in [0.15, 0.2) is 30.6 Å². The highest BCUT2D eigenvalue weighted by atomic mass is 16.2. The Morgan fingerprint density at radius 1 is 1.53 bits per heavy atom. The molecule has 0 fully saturated rings. The van der Waals surface area contributed by atoms with E-state index < -0.39 is 5.91 Å². The van der Waals surface area contributed by atoms with Crippen LogP contribution in [0.4, 0.5) is 0 Å². The fourth-order valence-electron chi connectivity index (χ4n) is 1.49. The first-order valence-electron chi connectivity index (χ1n) is 5.15. The second kappa shape index (κ2) is 4.75. The minimum absolute atomic E-state index is 0.300. The Morgan fingerprint density at radius 2 is 2.35 bits per heavy atom. The largest absolute Gasteiger partial charge is 0.289 e. The number of nitrogens with zero attached hydrogens (tertiary/aromatic N) is 3. The smallest absolute Gasteiger partial charge is 0.283 e. The van der Waals surface area contributed by atoms with Crippen LogP contribution >= 0.6 is 0 Å². The van der Waals surface area contributed by atoms with Crippen LogP contribution in [0.2, 0.25) is 0 Å². The normalized spacial score (nSPS) is 10.2. The summed E-state index contributed by atoms with van der Waals surface area (Å²) in [5.74, 6) is 4.65. The van der Waals surface area contributed by atoms with Crippen LogP contribution in [0.3, 0.4) is 0 Å². The Morgan fingerprint density at radius 3 is 3.00 bits per heavy atom. The van der Waals surface area contributed by atoms with Crippen LogP contribution in [0.1, 0.15) is 21.7 Å². The summed E-state index contributed by atoms with van der Waals surface area (Å²) >= 11 is 0. The standard InChI is InChI=1S/C11H13N5O/c1-8-5-13-16(6-8)7-9-3-2-4-10(14-9)11(17)15-12/h2-6H,7,12H2,1H3,(H,15,17). The number of pyridine rings is 1. The van der Waals surface area contributed by atoms with Gasteiger partial charge < -0.3 is 0 Å². The minimum Gasteiger partial charge on any atom is -0.289 e. The third-order valence-electron chi connectivity index (χ3n) is 2.26. The fraction of sp³-hybridized carbons (Fsp3) is 0.182. The van der Waals surface area contributed by atoms with E-state index >= 15 is 0 Å². The number of carbonyl (C=O) groups excluding carboxylic acids is 1. The number of rotatable bonds is 3. The molecule has 2 heterocycles. The van der Waals surface area contributed by atoms with E-state index in [-0.39, 0.29) is 0 Å². The zero-order chi connectivity index (χ0) is 12.3. The topological polar surface area (TPSA) is 85.8 Å². The van der Waals surface area contributed by atoms with Gasteiger partial charge in [-0.05, 0) is 24.6 Å². The van der Waals surface area contributed by atoms with E-state index in [1.165, 1.54) is 0 Å². The Bertz CT molecular complexity index is 534. The van der Waals surface area contributed by atoms with Crippen molar-refractivity contribution >= 4 is 5.91 Å². The lowest BCUT2D eigenvalue weighted by Crippen LogP contribution is -2.30. The van der Waals surface area contributed by atoms with Crippen LogP contribution in [-0.4, -0.2) is 20.7 Å². The number of aryl methyl sites for hydroxylation is 1. The lowest BCUT2D eigenvalue weighted by Gasteiger charge is -2.03. The van der Waals surface area contributed by atoms with Gasteiger partial charge in [0.2, 0.25) is 0 Å². The van der Waals surface area contributed by atoms with Gasteiger partial charge in [-0.2, -0.15) is 5.10 Å². The van der Waals surface area contributed by atoms with Gasteiger partial charge in [-0.3, -0.25) is 14.9 Å². The molecule has 0 spiro atoms. The summed E-state index contributed by atoms with van der Waals surface area (Å²) in [5.41, 5.74) is 4.20. The maximum Gasteiger partial charge on any atom is 0.283 e. The molecular formula is C11H13N5O. The summed E-state index contributed by atoms with van der Waals surface area (Å²) in [7, 11) is 0. The molecule has 3 N–H and O–H groups in total. The number of amides is 1. The van der Waals surface area contributed by atoms with E-state index in [1.807, 2.05) is 19.2 Å². The van der Waals surface area contributed by atoms with E-state index in [2.05, 4.69) is 15.5 Å². The quantitative estimate of drug-likeness (QED) is 0.450. The highest BCUT2D eigenvalue weighted by Crippen LogP contribution is 2.03. The van der Waals surface area contributed by atoms with Gasteiger partial charge in [0.1, 0.15) is 5.69 Å². The van der Waals surface area contributed by atoms with Crippen molar-refractivity contribution in [2.45, 2.75) is 13.5 Å². The van der Waals surface area contributed by atoms with E-state index in [1.54, 1.807) is 23.0 Å². The Balaban J connectivity index is 2.19. The average molecular weight is 231 g/mol. The van der Waals surface area contributed by atoms with Gasteiger partial charge in [-0.1, -0.05) is 6.07 Å². The first-order chi connectivity index (χ1) is 8.19. The number of hydrazine groups is 1. The molecule has 88 valence electrons. The molecule has 2 aromatic heterocycles. The molecule has 0 aromatic carbocycles. The molecule has 2 rings (SSSR count). The Kier molecular flexibility index (Phi) is 3.15. The van der Waals surface area contributed by atoms with Crippen molar-refractivity contribution in [3.05, 3.63) is 47.5 Å². The molecule has 6 heteroatoms. The number of nitrogens with one attached hydrogen (secondary N) is 1. The summed E-state index contributed by atoms with van der Waals surface area (Å²) in [6.45, 7) is 2.49. The molecule has 0 bridgehead atoms. The predicted octanol–water partition coefficient (Wildman–Crippen LogP) is 0.238. The second-order valence-corrected chi connectivity index (χ2v) is 3.70. The minimum atomic E-state index is -0.400. The highest BCUT2D eigenvalue weighted by molar-refractivity contribution is 5.91. The number of hydrogen-bond donors (Lipinski definition) is 2. The third-order valence-corrected chi connectivity index (χ3v) is 2.26. The maximum atomic E-state index is 11.3. The van der Waals surface area contributed by atoms with Crippen molar-refractivity contribution in [2.24, 2.45) is 5.84 Å². The summed E-state index contributed by atoms with van der Waals surface area (Å²) in [4.78, 5) is 15.5. The third kappa shape index (κ3) is 2.67. The van der Waals surface area contributed by atoms with E-state index in [0.29, 0.717) is 12.2 Å². The summed E-state index contributed by atoms with van der Waals surface area (Å²) < 4.78 is 1.77. The van der Waals surface area contributed by atoms with Crippen molar-refractivity contribution in [1.82, 2.24) is 20.2 Å². The molecule has 0 aliphatic carbocycles. The molecule has 1 amide bonds. The molecule has 2 aromatic rings. The summed E-state index contributed by atoms with van der Waals surface area (Å²) in [6, 6.07) is 5.22. The SMILES string of the molecule is Cc1cnn(Cc2cccc(C(=O)NN)n2)c1. The van der Waals surface area contributed by atoms with Gasteiger partial charge in [-0.15, -0.1) is 0 Å². The molecule has 0 aliphatic heterocycles. The number of hydrogen-bond acceptors (Lipinski definition) is 4. The molecule has 0 saturated heterocycles. The average Bonchev–Trinajstić information content (AvgIpc) is 2.74. The van der Waals surface area contributed by atoms with Crippen LogP contribution < -0.4 is 11.3 Å². The molecule has 6 nitrogen and oxygen atoms in total. The van der Waals surface area contributed by atoms with E-state index in [0.717, 1.165) is 11.3 Å². The van der Waals surface area contributed by atoms with Crippen LogP contribution in [0.5, 0.6) is 0 Å². The number of carbonyl (C=O) groups is 1. The van der Waals surface area contributed by atoms with Crippen molar-refractivity contribution in [3.8, 4) is 0 Å². The van der Waals surface area contributed by atoms with Crippen LogP contribution in [-0.2, 0) is 6.54 Å². The Hall–Kier alpha value is -2.21. The van der Waals surface area contributed by atoms with Gasteiger partial charge in [-0.25, -0.2) is 10.8 Å². The van der Waals surface area contributed by atoms with Gasteiger partial charge in [0.05, 0.1) is 18.4 Å². The maximum absolute atomic E-state index is 11.3. The number of nitrogens with two attached hydrogens (primary N) is 1. The number of nitrogen functional groups attached to an aromatic ring is 1. The zero-order valence-corrected chi connectivity index (χ0v) is 9.42. The van der Waals surface area contributed by atoms with Crippen LogP contribution in [0, 0.1) is 6.92 Å². The molecule has 17 heavy (non-hydrogen) atoms.